The number of nitrogens with one attached hydrogen (secondary N) is 1. The van der Waals surface area contributed by atoms with Gasteiger partial charge in [0.15, 0.2) is 0 Å². The van der Waals surface area contributed by atoms with Gasteiger partial charge in [-0.3, -0.25) is 9.59 Å². The number of hydrogen-bond donors (Lipinski definition) is 3. The number of hydrogen-bond acceptors (Lipinski definition) is 3. The Morgan fingerprint density at radius 2 is 1.33 bits per heavy atom. The van der Waals surface area contributed by atoms with Crippen molar-refractivity contribution in [1.82, 2.24) is 5.32 Å². The number of aliphatic carboxylic acids is 2. The van der Waals surface area contributed by atoms with E-state index >= 15 is 0 Å². The minimum Gasteiger partial charge on any atom is -1.00 e. The van der Waals surface area contributed by atoms with Crippen LogP contribution in [-0.4, -0.2) is 34.1 Å². The summed E-state index contributed by atoms with van der Waals surface area (Å²) in [7, 11) is 0. The molecule has 8 heteroatoms. The molecule has 3 N–H and O–H groups in total. The molecule has 0 saturated heterocycles. The average molecular weight is 396 g/mol. The largest absolute Gasteiger partial charge is 1.00 e. The van der Waals surface area contributed by atoms with E-state index in [1.54, 1.807) is 0 Å². The SMILES string of the molecule is CCCCCCCCCCCC(=O)N[C@@H](CC(=O)O)C(=O)O.[H-].[H-].[K+].[K+]. The van der Waals surface area contributed by atoms with Crippen LogP contribution in [0.1, 0.15) is 80.4 Å². The summed E-state index contributed by atoms with van der Waals surface area (Å²) in [6.45, 7) is 2.19. The molecule has 0 spiro atoms. The van der Waals surface area contributed by atoms with Crippen LogP contribution in [0.25, 0.3) is 0 Å². The molecule has 1 amide bonds. The monoisotopic (exact) mass is 395 g/mol. The van der Waals surface area contributed by atoms with Crippen molar-refractivity contribution in [2.45, 2.75) is 83.6 Å². The van der Waals surface area contributed by atoms with Crippen molar-refractivity contribution in [3.8, 4) is 0 Å². The normalized spacial score (nSPS) is 10.9. The third kappa shape index (κ3) is 20.0. The van der Waals surface area contributed by atoms with Crippen LogP contribution in [0.4, 0.5) is 0 Å². The molecule has 0 aromatic heterocycles. The zero-order valence-electron chi connectivity index (χ0n) is 17.5. The molecule has 0 aliphatic heterocycles. The van der Waals surface area contributed by atoms with Gasteiger partial charge in [0, 0.05) is 6.42 Å². The Morgan fingerprint density at radius 3 is 1.75 bits per heavy atom. The van der Waals surface area contributed by atoms with Gasteiger partial charge in [0.2, 0.25) is 5.91 Å². The van der Waals surface area contributed by atoms with Gasteiger partial charge in [-0.05, 0) is 6.42 Å². The fourth-order valence-electron chi connectivity index (χ4n) is 2.24. The molecule has 6 nitrogen and oxygen atoms in total. The van der Waals surface area contributed by atoms with Crippen molar-refractivity contribution in [1.29, 1.82) is 0 Å². The maximum atomic E-state index is 11.6. The second-order valence-corrected chi connectivity index (χ2v) is 5.63. The number of carboxylic acids is 2. The summed E-state index contributed by atoms with van der Waals surface area (Å²) in [5.74, 6) is -2.95. The molecule has 0 aromatic rings. The molecule has 0 radical (unpaired) electrons. The number of unbranched alkanes of at least 4 members (excludes halogenated alkanes) is 8. The first kappa shape index (κ1) is 30.4. The van der Waals surface area contributed by atoms with Gasteiger partial charge in [0.1, 0.15) is 6.04 Å². The van der Waals surface area contributed by atoms with Crippen LogP contribution in [0, 0.1) is 0 Å². The van der Waals surface area contributed by atoms with Gasteiger partial charge in [-0.2, -0.15) is 0 Å². The molecule has 0 aliphatic carbocycles. The van der Waals surface area contributed by atoms with Crippen molar-refractivity contribution in [2.75, 3.05) is 0 Å². The Hall–Kier alpha value is 1.68. The summed E-state index contributed by atoms with van der Waals surface area (Å²) in [5, 5.41) is 19.7. The van der Waals surface area contributed by atoms with Gasteiger partial charge in [-0.15, -0.1) is 0 Å². The van der Waals surface area contributed by atoms with Gasteiger partial charge in [0.25, 0.3) is 0 Å². The third-order valence-corrected chi connectivity index (χ3v) is 3.52. The number of rotatable bonds is 14. The van der Waals surface area contributed by atoms with E-state index in [4.69, 9.17) is 10.2 Å². The number of carboxylic acid groups (broad SMARTS) is 2. The fraction of sp³-hybridized carbons (Fsp3) is 0.812. The average Bonchev–Trinajstić information content (AvgIpc) is 2.44. The predicted octanol–water partition coefficient (Wildman–Crippen LogP) is -2.82. The summed E-state index contributed by atoms with van der Waals surface area (Å²) in [4.78, 5) is 32.9. The molecule has 0 aliphatic rings. The maximum absolute atomic E-state index is 11.6. The smallest absolute Gasteiger partial charge is 1.00 e. The Bertz CT molecular complexity index is 364. The van der Waals surface area contributed by atoms with E-state index in [-0.39, 0.29) is 112 Å². The summed E-state index contributed by atoms with van der Waals surface area (Å²) < 4.78 is 0. The first-order chi connectivity index (χ1) is 10.5. The summed E-state index contributed by atoms with van der Waals surface area (Å²) >= 11 is 0. The van der Waals surface area contributed by atoms with E-state index in [2.05, 4.69) is 12.2 Å². The van der Waals surface area contributed by atoms with E-state index in [9.17, 15) is 14.4 Å². The zero-order chi connectivity index (χ0) is 16.8. The molecule has 0 fully saturated rings. The first-order valence-electron chi connectivity index (χ1n) is 8.21. The molecular weight excluding hydrogens is 364 g/mol. The Kier molecular flexibility index (Phi) is 26.6. The molecular formula is C16H31K2NO5. The van der Waals surface area contributed by atoms with Crippen molar-refractivity contribution in [3.05, 3.63) is 0 Å². The number of amides is 1. The molecule has 0 heterocycles. The van der Waals surface area contributed by atoms with Gasteiger partial charge in [-0.1, -0.05) is 58.3 Å². The van der Waals surface area contributed by atoms with Crippen LogP contribution in [0.2, 0.25) is 0 Å². The molecule has 0 unspecified atom stereocenters. The van der Waals surface area contributed by atoms with Crippen LogP contribution in [-0.2, 0) is 14.4 Å². The van der Waals surface area contributed by atoms with E-state index in [0.717, 1.165) is 12.8 Å². The predicted molar refractivity (Wildman–Crippen MR) is 85.9 cm³/mol. The molecule has 0 bridgehead atoms. The third-order valence-electron chi connectivity index (χ3n) is 3.52. The van der Waals surface area contributed by atoms with E-state index in [1.165, 1.54) is 38.5 Å². The quantitative estimate of drug-likeness (QED) is 0.218. The second kappa shape index (κ2) is 21.0. The van der Waals surface area contributed by atoms with Crippen LogP contribution in [0.5, 0.6) is 0 Å². The standard InChI is InChI=1S/C16H29NO5.2K.2H/c1-2-3-4-5-6-7-8-9-10-11-14(18)17-13(16(21)22)12-15(19)20;;;;/h13H,2-12H2,1H3,(H,17,18)(H,19,20)(H,21,22);;;;/q;2*+1;2*-1/t13-;;;;/m0..../s1. The summed E-state index contributed by atoms with van der Waals surface area (Å²) in [5.41, 5.74) is 0. The molecule has 0 aromatic carbocycles. The Morgan fingerprint density at radius 1 is 0.875 bits per heavy atom. The van der Waals surface area contributed by atoms with Gasteiger partial charge in [0.05, 0.1) is 6.42 Å². The Labute approximate surface area is 233 Å². The van der Waals surface area contributed by atoms with Crippen molar-refractivity contribution in [2.24, 2.45) is 0 Å². The van der Waals surface area contributed by atoms with Gasteiger partial charge < -0.3 is 18.4 Å². The van der Waals surface area contributed by atoms with E-state index in [1.807, 2.05) is 0 Å². The minimum absolute atomic E-state index is 0. The zero-order valence-corrected chi connectivity index (χ0v) is 21.7. The van der Waals surface area contributed by atoms with E-state index < -0.39 is 30.3 Å². The molecule has 24 heavy (non-hydrogen) atoms. The second-order valence-electron chi connectivity index (χ2n) is 5.63. The van der Waals surface area contributed by atoms with Crippen LogP contribution >= 0.6 is 0 Å². The molecule has 1 atom stereocenters. The number of carbonyl (C=O) groups excluding carboxylic acids is 1. The first-order valence-corrected chi connectivity index (χ1v) is 8.21. The fourth-order valence-corrected chi connectivity index (χ4v) is 2.24. The maximum Gasteiger partial charge on any atom is 1.00 e. The number of carbonyl (C=O) groups is 3. The van der Waals surface area contributed by atoms with Gasteiger partial charge in [-0.25, -0.2) is 4.79 Å². The topological polar surface area (TPSA) is 104 Å². The summed E-state index contributed by atoms with van der Waals surface area (Å²) in [6, 6.07) is -1.34. The minimum atomic E-state index is -1.34. The summed E-state index contributed by atoms with van der Waals surface area (Å²) in [6.07, 6.45) is 9.87. The van der Waals surface area contributed by atoms with Crippen molar-refractivity contribution in [3.63, 3.8) is 0 Å². The molecule has 132 valence electrons. The van der Waals surface area contributed by atoms with Gasteiger partial charge >= 0.3 is 115 Å². The Balaban J connectivity index is -0.000000367. The van der Waals surface area contributed by atoms with Crippen molar-refractivity contribution < 1.29 is 130 Å². The van der Waals surface area contributed by atoms with Crippen LogP contribution in [0.3, 0.4) is 0 Å². The van der Waals surface area contributed by atoms with Crippen LogP contribution in [0.15, 0.2) is 0 Å². The molecule has 0 rings (SSSR count). The van der Waals surface area contributed by atoms with E-state index in [0.29, 0.717) is 6.42 Å². The molecule has 0 saturated carbocycles. The van der Waals surface area contributed by atoms with Crippen molar-refractivity contribution >= 4 is 17.8 Å². The van der Waals surface area contributed by atoms with Crippen LogP contribution < -0.4 is 108 Å².